The Morgan fingerprint density at radius 2 is 1.97 bits per heavy atom. The number of anilines is 2. The molecule has 9 heteroatoms. The van der Waals surface area contributed by atoms with Gasteiger partial charge in [0.25, 0.3) is 0 Å². The maximum Gasteiger partial charge on any atom is 0.243 e. The van der Waals surface area contributed by atoms with Crippen LogP contribution in [0.4, 0.5) is 15.9 Å². The molecule has 8 nitrogen and oxygen atoms in total. The van der Waals surface area contributed by atoms with E-state index in [9.17, 15) is 18.8 Å². The van der Waals surface area contributed by atoms with Gasteiger partial charge >= 0.3 is 0 Å². The van der Waals surface area contributed by atoms with Crippen molar-refractivity contribution in [3.63, 3.8) is 0 Å². The van der Waals surface area contributed by atoms with E-state index in [1.807, 2.05) is 0 Å². The van der Waals surface area contributed by atoms with E-state index in [0.29, 0.717) is 28.3 Å². The van der Waals surface area contributed by atoms with E-state index in [4.69, 9.17) is 5.73 Å². The molecule has 2 aliphatic rings. The van der Waals surface area contributed by atoms with Crippen LogP contribution in [0.15, 0.2) is 54.7 Å². The Kier molecular flexibility index (Phi) is 3.76. The number of benzene rings is 2. The molecule has 1 aromatic heterocycles. The van der Waals surface area contributed by atoms with Crippen LogP contribution < -0.4 is 16.0 Å². The molecule has 0 fully saturated rings. The summed E-state index contributed by atoms with van der Waals surface area (Å²) in [5, 5.41) is 7.09. The summed E-state index contributed by atoms with van der Waals surface area (Å²) >= 11 is 0. The molecule has 0 radical (unpaired) electrons. The van der Waals surface area contributed by atoms with Gasteiger partial charge in [0.15, 0.2) is 0 Å². The highest BCUT2D eigenvalue weighted by Crippen LogP contribution is 2.52. The lowest BCUT2D eigenvalue weighted by molar-refractivity contribution is -0.127. The molecule has 3 amide bonds. The SMILES string of the molecule is NC(=O)CN1C(=O)C2(CC(=O)Nc3c2cnn3-c2cccc(F)c2)c2ccccc21. The molecule has 3 aromatic rings. The second kappa shape index (κ2) is 6.24. The summed E-state index contributed by atoms with van der Waals surface area (Å²) in [5.74, 6) is -1.63. The zero-order valence-electron chi connectivity index (χ0n) is 15.6. The van der Waals surface area contributed by atoms with E-state index in [1.54, 1.807) is 30.3 Å². The fourth-order valence-corrected chi connectivity index (χ4v) is 4.37. The van der Waals surface area contributed by atoms with E-state index in [2.05, 4.69) is 10.4 Å². The van der Waals surface area contributed by atoms with Gasteiger partial charge in [-0.3, -0.25) is 14.4 Å². The summed E-state index contributed by atoms with van der Waals surface area (Å²) in [5.41, 5.74) is 6.04. The van der Waals surface area contributed by atoms with Crippen molar-refractivity contribution in [2.75, 3.05) is 16.8 Å². The Balaban J connectivity index is 1.75. The van der Waals surface area contributed by atoms with E-state index >= 15 is 0 Å². The van der Waals surface area contributed by atoms with Crippen molar-refractivity contribution in [3.8, 4) is 5.69 Å². The molecular formula is C21H16FN5O3. The lowest BCUT2D eigenvalue weighted by atomic mass is 9.72. The summed E-state index contributed by atoms with van der Waals surface area (Å²) in [4.78, 5) is 39.3. The predicted octanol–water partition coefficient (Wildman–Crippen LogP) is 1.47. The fourth-order valence-electron chi connectivity index (χ4n) is 4.37. The number of halogens is 1. The number of fused-ring (bicyclic) bond motifs is 4. The first-order valence-electron chi connectivity index (χ1n) is 9.26. The number of carbonyl (C=O) groups excluding carboxylic acids is 3. The highest BCUT2D eigenvalue weighted by Gasteiger charge is 2.57. The summed E-state index contributed by atoms with van der Waals surface area (Å²) in [7, 11) is 0. The third kappa shape index (κ3) is 2.38. The largest absolute Gasteiger partial charge is 0.368 e. The van der Waals surface area contributed by atoms with Crippen molar-refractivity contribution >= 4 is 29.2 Å². The molecule has 3 N–H and O–H groups in total. The quantitative estimate of drug-likeness (QED) is 0.688. The number of carbonyl (C=O) groups is 3. The van der Waals surface area contributed by atoms with Crippen LogP contribution in [0.1, 0.15) is 17.5 Å². The Morgan fingerprint density at radius 3 is 2.73 bits per heavy atom. The second-order valence-corrected chi connectivity index (χ2v) is 7.30. The average Bonchev–Trinajstić information content (AvgIpc) is 3.23. The summed E-state index contributed by atoms with van der Waals surface area (Å²) in [6.07, 6.45) is 1.36. The maximum absolute atomic E-state index is 13.8. The molecule has 0 aliphatic carbocycles. The molecule has 2 aromatic carbocycles. The number of nitrogens with two attached hydrogens (primary N) is 1. The first-order chi connectivity index (χ1) is 14.4. The van der Waals surface area contributed by atoms with Crippen molar-refractivity contribution in [2.45, 2.75) is 11.8 Å². The van der Waals surface area contributed by atoms with Gasteiger partial charge in [-0.05, 0) is 29.8 Å². The predicted molar refractivity (Wildman–Crippen MR) is 106 cm³/mol. The zero-order valence-corrected chi connectivity index (χ0v) is 15.6. The van der Waals surface area contributed by atoms with Crippen LogP contribution in [-0.2, 0) is 19.8 Å². The van der Waals surface area contributed by atoms with E-state index in [1.165, 1.54) is 34.0 Å². The molecule has 0 saturated carbocycles. The van der Waals surface area contributed by atoms with Gasteiger partial charge in [0.05, 0.1) is 11.9 Å². The molecule has 3 heterocycles. The van der Waals surface area contributed by atoms with Crippen molar-refractivity contribution in [2.24, 2.45) is 5.73 Å². The van der Waals surface area contributed by atoms with Gasteiger partial charge in [-0.25, -0.2) is 9.07 Å². The molecule has 5 rings (SSSR count). The fraction of sp³-hybridized carbons (Fsp3) is 0.143. The maximum atomic E-state index is 13.8. The number of nitrogens with one attached hydrogen (secondary N) is 1. The normalized spacial score (nSPS) is 19.6. The van der Waals surface area contributed by atoms with Gasteiger partial charge in [0.2, 0.25) is 17.7 Å². The molecule has 2 aliphatic heterocycles. The minimum Gasteiger partial charge on any atom is -0.368 e. The van der Waals surface area contributed by atoms with Gasteiger partial charge in [-0.1, -0.05) is 24.3 Å². The highest BCUT2D eigenvalue weighted by atomic mass is 19.1. The van der Waals surface area contributed by atoms with Gasteiger partial charge in [-0.15, -0.1) is 0 Å². The number of nitrogens with zero attached hydrogens (tertiary/aromatic N) is 3. The van der Waals surface area contributed by atoms with E-state index in [0.717, 1.165) is 0 Å². The molecule has 150 valence electrons. The first kappa shape index (κ1) is 18.0. The van der Waals surface area contributed by atoms with Crippen molar-refractivity contribution in [1.29, 1.82) is 0 Å². The van der Waals surface area contributed by atoms with Crippen molar-refractivity contribution < 1.29 is 18.8 Å². The Bertz CT molecular complexity index is 1240. The van der Waals surface area contributed by atoms with E-state index < -0.39 is 23.0 Å². The number of aromatic nitrogens is 2. The van der Waals surface area contributed by atoms with Crippen LogP contribution in [0.2, 0.25) is 0 Å². The zero-order chi connectivity index (χ0) is 21.0. The molecule has 1 atom stereocenters. The molecule has 0 saturated heterocycles. The summed E-state index contributed by atoms with van der Waals surface area (Å²) in [6, 6.07) is 12.8. The average molecular weight is 405 g/mol. The Hall–Kier alpha value is -4.01. The second-order valence-electron chi connectivity index (χ2n) is 7.30. The van der Waals surface area contributed by atoms with Crippen molar-refractivity contribution in [1.82, 2.24) is 9.78 Å². The lowest BCUT2D eigenvalue weighted by Gasteiger charge is -2.32. The lowest BCUT2D eigenvalue weighted by Crippen LogP contribution is -2.48. The van der Waals surface area contributed by atoms with Crippen LogP contribution >= 0.6 is 0 Å². The Morgan fingerprint density at radius 1 is 1.17 bits per heavy atom. The van der Waals surface area contributed by atoms with E-state index in [-0.39, 0.29) is 18.9 Å². The number of rotatable bonds is 3. The van der Waals surface area contributed by atoms with Gasteiger partial charge in [-0.2, -0.15) is 5.10 Å². The monoisotopic (exact) mass is 405 g/mol. The third-order valence-corrected chi connectivity index (χ3v) is 5.54. The summed E-state index contributed by atoms with van der Waals surface area (Å²) < 4.78 is 15.2. The van der Waals surface area contributed by atoms with Crippen LogP contribution in [0.3, 0.4) is 0 Å². The minimum absolute atomic E-state index is 0.139. The van der Waals surface area contributed by atoms with Crippen LogP contribution in [0.25, 0.3) is 5.69 Å². The number of amides is 3. The highest BCUT2D eigenvalue weighted by molar-refractivity contribution is 6.17. The van der Waals surface area contributed by atoms with Gasteiger partial charge in [0.1, 0.15) is 23.6 Å². The molecule has 30 heavy (non-hydrogen) atoms. The summed E-state index contributed by atoms with van der Waals surface area (Å²) in [6.45, 7) is -0.299. The molecule has 1 spiro atoms. The number of hydrogen-bond acceptors (Lipinski definition) is 4. The number of hydrogen-bond donors (Lipinski definition) is 2. The van der Waals surface area contributed by atoms with Gasteiger partial charge in [0, 0.05) is 17.7 Å². The van der Waals surface area contributed by atoms with Crippen LogP contribution in [0, 0.1) is 5.82 Å². The number of para-hydroxylation sites is 1. The standard InChI is InChI=1S/C21H16FN5O3/c22-12-4-3-5-13(8-12)27-19-15(10-24-27)21(9-18(29)25-19)14-6-1-2-7-16(14)26(20(21)30)11-17(23)28/h1-8,10H,9,11H2,(H2,23,28)(H,25,29). The molecular weight excluding hydrogens is 389 g/mol. The van der Waals surface area contributed by atoms with Crippen molar-refractivity contribution in [3.05, 3.63) is 71.7 Å². The smallest absolute Gasteiger partial charge is 0.243 e. The Labute approximate surface area is 170 Å². The molecule has 1 unspecified atom stereocenters. The topological polar surface area (TPSA) is 110 Å². The first-order valence-corrected chi connectivity index (χ1v) is 9.26. The van der Waals surface area contributed by atoms with Gasteiger partial charge < -0.3 is 16.0 Å². The minimum atomic E-state index is -1.34. The van der Waals surface area contributed by atoms with Crippen LogP contribution in [0.5, 0.6) is 0 Å². The molecule has 0 bridgehead atoms. The third-order valence-electron chi connectivity index (χ3n) is 5.54. The van der Waals surface area contributed by atoms with Crippen LogP contribution in [-0.4, -0.2) is 34.0 Å². The number of primary amides is 1.